The van der Waals surface area contributed by atoms with Crippen molar-refractivity contribution in [3.05, 3.63) is 58.9 Å². The van der Waals surface area contributed by atoms with E-state index in [1.54, 1.807) is 45.0 Å². The highest BCUT2D eigenvalue weighted by Crippen LogP contribution is 2.34. The maximum Gasteiger partial charge on any atom is 0.415 e. The normalized spacial score (nSPS) is 12.4. The van der Waals surface area contributed by atoms with Crippen LogP contribution < -0.4 is 4.90 Å². The fraction of sp³-hybridized carbons (Fsp3) is 0.296. The predicted molar refractivity (Wildman–Crippen MR) is 145 cm³/mol. The maximum atomic E-state index is 13.4. The third-order valence-electron chi connectivity index (χ3n) is 5.54. The highest BCUT2D eigenvalue weighted by Gasteiger charge is 2.30. The Morgan fingerprint density at radius 1 is 1.13 bits per heavy atom. The first-order valence-electron chi connectivity index (χ1n) is 11.6. The van der Waals surface area contributed by atoms with E-state index in [0.717, 1.165) is 15.7 Å². The first-order valence-corrected chi connectivity index (χ1v) is 14.3. The number of carbonyl (C=O) groups excluding carboxylic acids is 1. The van der Waals surface area contributed by atoms with Crippen molar-refractivity contribution in [1.82, 2.24) is 4.57 Å². The van der Waals surface area contributed by atoms with Crippen molar-refractivity contribution in [1.29, 1.82) is 0 Å². The van der Waals surface area contributed by atoms with Gasteiger partial charge in [-0.1, -0.05) is 27.9 Å². The number of hydrogen-bond donors (Lipinski definition) is 0. The Morgan fingerprint density at radius 3 is 2.49 bits per heavy atom. The number of sulfone groups is 1. The smallest absolute Gasteiger partial charge is 0.415 e. The van der Waals surface area contributed by atoms with E-state index in [1.807, 2.05) is 0 Å². The molecule has 39 heavy (non-hydrogen) atoms. The minimum atomic E-state index is -4.49. The maximum absolute atomic E-state index is 13.4. The van der Waals surface area contributed by atoms with Crippen LogP contribution in [-0.4, -0.2) is 43.7 Å². The number of furan rings is 1. The molecule has 0 aliphatic carbocycles. The van der Waals surface area contributed by atoms with Crippen molar-refractivity contribution >= 4 is 59.4 Å². The molecule has 4 aromatic rings. The fourth-order valence-electron chi connectivity index (χ4n) is 4.03. The Morgan fingerprint density at radius 2 is 1.85 bits per heavy atom. The Labute approximate surface area is 231 Å². The van der Waals surface area contributed by atoms with Gasteiger partial charge in [0, 0.05) is 21.5 Å². The van der Waals surface area contributed by atoms with Crippen LogP contribution in [0.2, 0.25) is 0 Å². The first-order chi connectivity index (χ1) is 18.0. The molecule has 1 amide bonds. The number of rotatable bonds is 4. The third-order valence-corrected chi connectivity index (χ3v) is 7.39. The molecule has 4 rings (SSSR count). The molecular formula is C27H24BrF3N2O5S. The van der Waals surface area contributed by atoms with Gasteiger partial charge in [0.15, 0.2) is 15.4 Å². The number of alkyl halides is 3. The summed E-state index contributed by atoms with van der Waals surface area (Å²) in [5, 5.41) is 0.829. The van der Waals surface area contributed by atoms with Crippen LogP contribution in [0.15, 0.2) is 62.5 Å². The minimum Gasteiger partial charge on any atom is -0.462 e. The number of amides is 1. The summed E-state index contributed by atoms with van der Waals surface area (Å²) < 4.78 is 77.4. The van der Waals surface area contributed by atoms with Gasteiger partial charge in [-0.05, 0) is 63.1 Å². The minimum absolute atomic E-state index is 0.0208. The van der Waals surface area contributed by atoms with Gasteiger partial charge in [0.1, 0.15) is 12.1 Å². The summed E-state index contributed by atoms with van der Waals surface area (Å²) in [6.45, 7) is 3.51. The van der Waals surface area contributed by atoms with Crippen LogP contribution in [0, 0.1) is 11.8 Å². The molecule has 2 aromatic carbocycles. The number of benzene rings is 2. The summed E-state index contributed by atoms with van der Waals surface area (Å²) in [7, 11) is -3.60. The van der Waals surface area contributed by atoms with E-state index < -0.39 is 34.3 Å². The summed E-state index contributed by atoms with van der Waals surface area (Å²) >= 11 is 3.37. The van der Waals surface area contributed by atoms with Crippen molar-refractivity contribution in [2.45, 2.75) is 44.0 Å². The Bertz CT molecular complexity index is 1740. The quantitative estimate of drug-likeness (QED) is 0.230. The summed E-state index contributed by atoms with van der Waals surface area (Å²) in [4.78, 5) is 14.4. The SMILES string of the molecule is CC(C)(C)OC(=O)N(CC#Cc1cc2c(Br)cccc2n1CC(F)(F)F)c1ccc(S(C)(=O)=O)c2ccoc12. The van der Waals surface area contributed by atoms with Gasteiger partial charge < -0.3 is 13.7 Å². The van der Waals surface area contributed by atoms with E-state index in [2.05, 4.69) is 27.8 Å². The van der Waals surface area contributed by atoms with Crippen molar-refractivity contribution in [2.75, 3.05) is 17.7 Å². The molecule has 0 fully saturated rings. The molecule has 0 saturated heterocycles. The lowest BCUT2D eigenvalue weighted by Gasteiger charge is -2.26. The van der Waals surface area contributed by atoms with Gasteiger partial charge in [0.25, 0.3) is 0 Å². The zero-order valence-electron chi connectivity index (χ0n) is 21.4. The van der Waals surface area contributed by atoms with Gasteiger partial charge in [-0.3, -0.25) is 4.90 Å². The summed E-state index contributed by atoms with van der Waals surface area (Å²) in [5.74, 6) is 5.55. The number of ether oxygens (including phenoxy) is 1. The lowest BCUT2D eigenvalue weighted by molar-refractivity contribution is -0.140. The second kappa shape index (κ2) is 10.3. The number of anilines is 1. The second-order valence-electron chi connectivity index (χ2n) is 9.79. The highest BCUT2D eigenvalue weighted by atomic mass is 79.9. The van der Waals surface area contributed by atoms with Gasteiger partial charge >= 0.3 is 12.3 Å². The molecule has 0 radical (unpaired) electrons. The Balaban J connectivity index is 1.80. The Kier molecular flexibility index (Phi) is 7.53. The first kappa shape index (κ1) is 28.6. The number of hydrogen-bond acceptors (Lipinski definition) is 5. The van der Waals surface area contributed by atoms with Gasteiger partial charge in [0.05, 0.1) is 34.6 Å². The van der Waals surface area contributed by atoms with E-state index in [9.17, 15) is 26.4 Å². The van der Waals surface area contributed by atoms with Crippen molar-refractivity contribution in [3.8, 4) is 11.8 Å². The molecule has 0 aliphatic rings. The van der Waals surface area contributed by atoms with E-state index in [1.165, 1.54) is 24.5 Å². The lowest BCUT2D eigenvalue weighted by Crippen LogP contribution is -2.37. The van der Waals surface area contributed by atoms with Crippen LogP contribution in [0.5, 0.6) is 0 Å². The molecule has 0 saturated carbocycles. The van der Waals surface area contributed by atoms with Crippen LogP contribution in [0.25, 0.3) is 21.9 Å². The summed E-state index contributed by atoms with van der Waals surface area (Å²) in [6.07, 6.45) is -2.92. The largest absolute Gasteiger partial charge is 0.462 e. The van der Waals surface area contributed by atoms with Gasteiger partial charge in [-0.2, -0.15) is 13.2 Å². The van der Waals surface area contributed by atoms with Crippen LogP contribution in [0.3, 0.4) is 0 Å². The molecule has 0 spiro atoms. The molecule has 0 bridgehead atoms. The third kappa shape index (κ3) is 6.42. The fourth-order valence-corrected chi connectivity index (χ4v) is 5.38. The molecule has 0 atom stereocenters. The Hall–Kier alpha value is -3.43. The van der Waals surface area contributed by atoms with Gasteiger partial charge in [-0.15, -0.1) is 0 Å². The van der Waals surface area contributed by atoms with E-state index in [4.69, 9.17) is 9.15 Å². The molecule has 12 heteroatoms. The monoisotopic (exact) mass is 624 g/mol. The zero-order chi connectivity index (χ0) is 28.8. The molecule has 0 aliphatic heterocycles. The molecule has 2 aromatic heterocycles. The molecule has 0 N–H and O–H groups in total. The topological polar surface area (TPSA) is 81.8 Å². The number of carbonyl (C=O) groups is 1. The van der Waals surface area contributed by atoms with E-state index >= 15 is 0 Å². The summed E-state index contributed by atoms with van der Waals surface area (Å²) in [6, 6.07) is 10.7. The molecular weight excluding hydrogens is 601 g/mol. The van der Waals surface area contributed by atoms with Crippen LogP contribution in [0.4, 0.5) is 23.7 Å². The molecule has 7 nitrogen and oxygen atoms in total. The number of aromatic nitrogens is 1. The lowest BCUT2D eigenvalue weighted by atomic mass is 10.2. The number of halogens is 4. The number of fused-ring (bicyclic) bond motifs is 2. The average molecular weight is 625 g/mol. The van der Waals surface area contributed by atoms with E-state index in [-0.39, 0.29) is 33.8 Å². The predicted octanol–water partition coefficient (Wildman–Crippen LogP) is 6.91. The summed E-state index contributed by atoms with van der Waals surface area (Å²) in [5.41, 5.74) is -0.0915. The average Bonchev–Trinajstić information content (AvgIpc) is 3.40. The molecule has 2 heterocycles. The molecule has 0 unspecified atom stereocenters. The van der Waals surface area contributed by atoms with Crippen molar-refractivity contribution < 1.29 is 35.5 Å². The zero-order valence-corrected chi connectivity index (χ0v) is 23.8. The van der Waals surface area contributed by atoms with Crippen LogP contribution >= 0.6 is 15.9 Å². The highest BCUT2D eigenvalue weighted by molar-refractivity contribution is 9.10. The van der Waals surface area contributed by atoms with Crippen molar-refractivity contribution in [2.24, 2.45) is 0 Å². The van der Waals surface area contributed by atoms with Crippen LogP contribution in [-0.2, 0) is 21.1 Å². The van der Waals surface area contributed by atoms with Gasteiger partial charge in [-0.25, -0.2) is 13.2 Å². The number of nitrogens with zero attached hydrogens (tertiary/aromatic N) is 2. The second-order valence-corrected chi connectivity index (χ2v) is 12.6. The standard InChI is InChI=1S/C27H24BrF3N2O5S/c1-26(2,3)38-25(34)32(22-10-11-23(39(4,35)36)18-12-14-37-24(18)22)13-6-7-17-15-19-20(28)8-5-9-21(19)33(17)16-27(29,30)31/h5,8-12,14-15H,13,16H2,1-4H3. The van der Waals surface area contributed by atoms with E-state index in [0.29, 0.717) is 15.4 Å². The van der Waals surface area contributed by atoms with Gasteiger partial charge in [0.2, 0.25) is 0 Å². The van der Waals surface area contributed by atoms with Crippen molar-refractivity contribution in [3.63, 3.8) is 0 Å². The van der Waals surface area contributed by atoms with Crippen LogP contribution in [0.1, 0.15) is 26.5 Å². The molecule has 206 valence electrons.